The highest BCUT2D eigenvalue weighted by molar-refractivity contribution is 5.79. The second-order valence-corrected chi connectivity index (χ2v) is 5.65. The molecule has 5 heteroatoms. The van der Waals surface area contributed by atoms with Gasteiger partial charge in [0.1, 0.15) is 11.8 Å². The molecule has 0 aliphatic rings. The van der Waals surface area contributed by atoms with Gasteiger partial charge in [-0.2, -0.15) is 5.10 Å². The third-order valence-corrected chi connectivity index (χ3v) is 3.95. The lowest BCUT2D eigenvalue weighted by atomic mass is 10.1. The molecule has 2 aromatic heterocycles. The van der Waals surface area contributed by atoms with E-state index >= 15 is 0 Å². The number of hydrogen-bond acceptors (Lipinski definition) is 4. The molecule has 114 valence electrons. The minimum absolute atomic E-state index is 0.661. The molecule has 0 unspecified atom stereocenters. The van der Waals surface area contributed by atoms with Crippen molar-refractivity contribution in [2.45, 2.75) is 20.8 Å². The first-order chi connectivity index (χ1) is 11.1. The lowest BCUT2D eigenvalue weighted by Gasteiger charge is -2.12. The number of aryl methyl sites for hydroxylation is 3. The highest BCUT2D eigenvalue weighted by Gasteiger charge is 2.14. The van der Waals surface area contributed by atoms with Gasteiger partial charge in [0, 0.05) is 12.5 Å². The normalized spacial score (nSPS) is 11.3. The van der Waals surface area contributed by atoms with Crippen LogP contribution < -0.4 is 0 Å². The smallest absolute Gasteiger partial charge is 0.192 e. The molecule has 0 aliphatic heterocycles. The molecular formula is C18H16N4O. The van der Waals surface area contributed by atoms with Crippen LogP contribution in [0.5, 0.6) is 0 Å². The quantitative estimate of drug-likeness (QED) is 0.561. The van der Waals surface area contributed by atoms with E-state index in [2.05, 4.69) is 47.1 Å². The van der Waals surface area contributed by atoms with Gasteiger partial charge in [0.05, 0.1) is 5.69 Å². The van der Waals surface area contributed by atoms with Crippen molar-refractivity contribution >= 4 is 11.1 Å². The molecule has 0 fully saturated rings. The van der Waals surface area contributed by atoms with Crippen molar-refractivity contribution in [3.8, 4) is 17.1 Å². The highest BCUT2D eigenvalue weighted by atomic mass is 16.3. The maximum Gasteiger partial charge on any atom is 0.192 e. The molecule has 0 atom stereocenters. The van der Waals surface area contributed by atoms with Gasteiger partial charge in [-0.1, -0.05) is 18.2 Å². The molecule has 5 nitrogen and oxygen atoms in total. The third kappa shape index (κ3) is 2.21. The molecule has 0 saturated heterocycles. The van der Waals surface area contributed by atoms with Crippen LogP contribution in [-0.2, 0) is 0 Å². The Hall–Kier alpha value is -2.95. The predicted molar refractivity (Wildman–Crippen MR) is 88.6 cm³/mol. The second kappa shape index (κ2) is 5.05. The lowest BCUT2D eigenvalue weighted by Crippen LogP contribution is -2.04. The first-order valence-corrected chi connectivity index (χ1v) is 7.47. The molecule has 0 N–H and O–H groups in total. The van der Waals surface area contributed by atoms with Gasteiger partial charge in [0.15, 0.2) is 17.3 Å². The van der Waals surface area contributed by atoms with Crippen LogP contribution in [0, 0.1) is 20.8 Å². The summed E-state index contributed by atoms with van der Waals surface area (Å²) in [5.41, 5.74) is 5.97. The Balaban J connectivity index is 1.91. The summed E-state index contributed by atoms with van der Waals surface area (Å²) < 4.78 is 7.43. The van der Waals surface area contributed by atoms with Gasteiger partial charge in [0.25, 0.3) is 0 Å². The maximum atomic E-state index is 5.54. The molecule has 0 radical (unpaired) electrons. The summed E-state index contributed by atoms with van der Waals surface area (Å²) >= 11 is 0. The predicted octanol–water partition coefficient (Wildman–Crippen LogP) is 4.00. The number of hydrogen-bond donors (Lipinski definition) is 0. The average molecular weight is 304 g/mol. The van der Waals surface area contributed by atoms with Gasteiger partial charge < -0.3 is 4.42 Å². The highest BCUT2D eigenvalue weighted by Crippen LogP contribution is 2.27. The zero-order chi connectivity index (χ0) is 16.0. The van der Waals surface area contributed by atoms with E-state index in [9.17, 15) is 0 Å². The second-order valence-electron chi connectivity index (χ2n) is 5.65. The van der Waals surface area contributed by atoms with Gasteiger partial charge >= 0.3 is 0 Å². The average Bonchev–Trinajstić information content (AvgIpc) is 3.11. The first-order valence-electron chi connectivity index (χ1n) is 7.47. The van der Waals surface area contributed by atoms with Gasteiger partial charge in [0.2, 0.25) is 0 Å². The van der Waals surface area contributed by atoms with Crippen LogP contribution in [0.25, 0.3) is 28.2 Å². The number of oxazole rings is 1. The Bertz CT molecular complexity index is 993. The fourth-order valence-electron chi connectivity index (χ4n) is 2.92. The Morgan fingerprint density at radius 3 is 2.57 bits per heavy atom. The summed E-state index contributed by atoms with van der Waals surface area (Å²) in [6, 6.07) is 12.1. The topological polar surface area (TPSA) is 56.7 Å². The zero-order valence-electron chi connectivity index (χ0n) is 13.2. The number of fused-ring (bicyclic) bond motifs is 1. The van der Waals surface area contributed by atoms with E-state index in [1.807, 2.05) is 29.8 Å². The molecule has 2 aromatic carbocycles. The van der Waals surface area contributed by atoms with E-state index in [4.69, 9.17) is 4.42 Å². The number of para-hydroxylation sites is 1. The van der Waals surface area contributed by atoms with Crippen molar-refractivity contribution in [1.29, 1.82) is 0 Å². The van der Waals surface area contributed by atoms with E-state index in [0.29, 0.717) is 5.89 Å². The lowest BCUT2D eigenvalue weighted by molar-refractivity contribution is 0.561. The summed E-state index contributed by atoms with van der Waals surface area (Å²) in [4.78, 5) is 8.85. The Morgan fingerprint density at radius 1 is 1.00 bits per heavy atom. The summed E-state index contributed by atoms with van der Waals surface area (Å²) in [5.74, 6) is 1.46. The molecule has 2 heterocycles. The van der Waals surface area contributed by atoms with E-state index in [0.717, 1.165) is 39.3 Å². The van der Waals surface area contributed by atoms with Crippen molar-refractivity contribution in [2.75, 3.05) is 0 Å². The molecule has 0 saturated carbocycles. The fourth-order valence-corrected chi connectivity index (χ4v) is 2.92. The SMILES string of the molecule is Cc1nc2cc(-c3ncnn3-c3c(C)cccc3C)ccc2o1. The minimum atomic E-state index is 0.661. The summed E-state index contributed by atoms with van der Waals surface area (Å²) in [7, 11) is 0. The van der Waals surface area contributed by atoms with Crippen LogP contribution in [-0.4, -0.2) is 19.7 Å². The number of aromatic nitrogens is 4. The minimum Gasteiger partial charge on any atom is -0.441 e. The largest absolute Gasteiger partial charge is 0.441 e. The third-order valence-electron chi connectivity index (χ3n) is 3.95. The van der Waals surface area contributed by atoms with Crippen molar-refractivity contribution in [1.82, 2.24) is 19.7 Å². The van der Waals surface area contributed by atoms with E-state index in [-0.39, 0.29) is 0 Å². The Kier molecular flexibility index (Phi) is 3.01. The van der Waals surface area contributed by atoms with Gasteiger partial charge in [-0.05, 0) is 43.2 Å². The Labute approximate surface area is 133 Å². The number of benzene rings is 2. The molecule has 0 spiro atoms. The van der Waals surface area contributed by atoms with Crippen molar-refractivity contribution in [3.05, 3.63) is 59.7 Å². The number of rotatable bonds is 2. The van der Waals surface area contributed by atoms with Crippen LogP contribution in [0.1, 0.15) is 17.0 Å². The van der Waals surface area contributed by atoms with Gasteiger partial charge in [-0.3, -0.25) is 0 Å². The van der Waals surface area contributed by atoms with Crippen molar-refractivity contribution < 1.29 is 4.42 Å². The van der Waals surface area contributed by atoms with E-state index in [1.54, 1.807) is 6.33 Å². The van der Waals surface area contributed by atoms with Gasteiger partial charge in [-0.25, -0.2) is 14.6 Å². The van der Waals surface area contributed by atoms with Crippen LogP contribution >= 0.6 is 0 Å². The van der Waals surface area contributed by atoms with Crippen LogP contribution in [0.15, 0.2) is 47.1 Å². The molecule has 4 rings (SSSR count). The maximum absolute atomic E-state index is 5.54. The molecule has 4 aromatic rings. The van der Waals surface area contributed by atoms with Crippen molar-refractivity contribution in [2.24, 2.45) is 0 Å². The molecule has 0 amide bonds. The van der Waals surface area contributed by atoms with Crippen LogP contribution in [0.3, 0.4) is 0 Å². The molecule has 0 aliphatic carbocycles. The monoisotopic (exact) mass is 304 g/mol. The molecule has 0 bridgehead atoms. The summed E-state index contributed by atoms with van der Waals surface area (Å²) in [5, 5.41) is 4.43. The van der Waals surface area contributed by atoms with Crippen LogP contribution in [0.2, 0.25) is 0 Å². The fraction of sp³-hybridized carbons (Fsp3) is 0.167. The molecular weight excluding hydrogens is 288 g/mol. The standard InChI is InChI=1S/C18H16N4O/c1-11-5-4-6-12(2)17(11)22-18(19-10-20-22)14-7-8-16-15(9-14)21-13(3)23-16/h4-10H,1-3H3. The first kappa shape index (κ1) is 13.7. The van der Waals surface area contributed by atoms with Gasteiger partial charge in [-0.15, -0.1) is 0 Å². The van der Waals surface area contributed by atoms with Crippen molar-refractivity contribution in [3.63, 3.8) is 0 Å². The summed E-state index contributed by atoms with van der Waals surface area (Å²) in [6.07, 6.45) is 1.58. The zero-order valence-corrected chi connectivity index (χ0v) is 13.2. The van der Waals surface area contributed by atoms with E-state index < -0.39 is 0 Å². The summed E-state index contributed by atoms with van der Waals surface area (Å²) in [6.45, 7) is 6.01. The number of nitrogens with zero attached hydrogens (tertiary/aromatic N) is 4. The molecule has 23 heavy (non-hydrogen) atoms. The Morgan fingerprint density at radius 2 is 1.78 bits per heavy atom. The van der Waals surface area contributed by atoms with E-state index in [1.165, 1.54) is 0 Å². The van der Waals surface area contributed by atoms with Crippen LogP contribution in [0.4, 0.5) is 0 Å².